The van der Waals surface area contributed by atoms with Crippen LogP contribution in [0.5, 0.6) is 11.6 Å². The molecule has 0 aliphatic heterocycles. The van der Waals surface area contributed by atoms with Crippen molar-refractivity contribution >= 4 is 16.8 Å². The van der Waals surface area contributed by atoms with Crippen molar-refractivity contribution in [3.05, 3.63) is 59.5 Å². The van der Waals surface area contributed by atoms with E-state index in [1.54, 1.807) is 6.07 Å². The van der Waals surface area contributed by atoms with Gasteiger partial charge in [0.2, 0.25) is 11.8 Å². The Hall–Kier alpha value is -4.26. The standard InChI is InChI=1S/C24H23F3N6O4/c1-12(2)36-23-15(29-8-9-30-23)11-31-21(34)20-17(10-28)37-22(33-20)14-4-6-16(35-3)19-13(14)5-7-18(32-19)24(25,26)27/h4-9,12H,10-11,28H2,1-3H3,(H,31,34). The molecule has 4 aromatic rings. The molecule has 0 spiro atoms. The molecule has 0 unspecified atom stereocenters. The molecule has 4 rings (SSSR count). The Balaban J connectivity index is 1.67. The van der Waals surface area contributed by atoms with Gasteiger partial charge in [-0.25, -0.2) is 15.0 Å². The minimum Gasteiger partial charge on any atom is -0.494 e. The number of benzene rings is 1. The SMILES string of the molecule is COc1ccc(-c2nc(C(=O)NCc3nccnc3OC(C)C)c(CN)o2)c2ccc(C(F)(F)F)nc12. The maximum Gasteiger partial charge on any atom is 0.433 e. The predicted molar refractivity (Wildman–Crippen MR) is 126 cm³/mol. The molecule has 37 heavy (non-hydrogen) atoms. The van der Waals surface area contributed by atoms with Gasteiger partial charge in [-0.1, -0.05) is 0 Å². The van der Waals surface area contributed by atoms with E-state index in [9.17, 15) is 18.0 Å². The monoisotopic (exact) mass is 516 g/mol. The van der Waals surface area contributed by atoms with E-state index in [0.717, 1.165) is 6.07 Å². The quantitative estimate of drug-likeness (QED) is 0.357. The fraction of sp³-hybridized carbons (Fsp3) is 0.292. The molecule has 1 aromatic carbocycles. The van der Waals surface area contributed by atoms with E-state index < -0.39 is 17.8 Å². The Bertz CT molecular complexity index is 1440. The normalized spacial score (nSPS) is 11.7. The van der Waals surface area contributed by atoms with Crippen LogP contribution < -0.4 is 20.5 Å². The van der Waals surface area contributed by atoms with E-state index in [2.05, 4.69) is 25.3 Å². The van der Waals surface area contributed by atoms with Crippen LogP contribution in [-0.2, 0) is 19.3 Å². The molecule has 0 saturated heterocycles. The molecular weight excluding hydrogens is 493 g/mol. The van der Waals surface area contributed by atoms with Crippen LogP contribution in [0, 0.1) is 0 Å². The lowest BCUT2D eigenvalue weighted by Gasteiger charge is -2.12. The zero-order valence-corrected chi connectivity index (χ0v) is 20.1. The number of pyridine rings is 1. The molecule has 0 radical (unpaired) electrons. The zero-order chi connectivity index (χ0) is 26.7. The smallest absolute Gasteiger partial charge is 0.433 e. The van der Waals surface area contributed by atoms with Gasteiger partial charge >= 0.3 is 6.18 Å². The first kappa shape index (κ1) is 25.8. The molecule has 0 fully saturated rings. The largest absolute Gasteiger partial charge is 0.494 e. The van der Waals surface area contributed by atoms with Gasteiger partial charge in [0.15, 0.2) is 11.5 Å². The van der Waals surface area contributed by atoms with Gasteiger partial charge in [-0.05, 0) is 38.1 Å². The van der Waals surface area contributed by atoms with Crippen molar-refractivity contribution in [3.63, 3.8) is 0 Å². The summed E-state index contributed by atoms with van der Waals surface area (Å²) in [5.41, 5.74) is 5.32. The highest BCUT2D eigenvalue weighted by Crippen LogP contribution is 2.37. The summed E-state index contributed by atoms with van der Waals surface area (Å²) < 4.78 is 56.3. The van der Waals surface area contributed by atoms with Crippen molar-refractivity contribution in [2.24, 2.45) is 5.73 Å². The van der Waals surface area contributed by atoms with Crippen molar-refractivity contribution in [1.82, 2.24) is 25.3 Å². The number of hydrogen-bond donors (Lipinski definition) is 2. The summed E-state index contributed by atoms with van der Waals surface area (Å²) in [6.07, 6.45) is -1.83. The zero-order valence-electron chi connectivity index (χ0n) is 20.1. The highest BCUT2D eigenvalue weighted by atomic mass is 19.4. The Labute approximate surface area is 209 Å². The Morgan fingerprint density at radius 1 is 1.14 bits per heavy atom. The molecule has 0 saturated carbocycles. The number of ether oxygens (including phenoxy) is 2. The molecule has 3 aromatic heterocycles. The van der Waals surface area contributed by atoms with E-state index in [1.165, 1.54) is 31.6 Å². The second kappa shape index (κ2) is 10.4. The van der Waals surface area contributed by atoms with Crippen molar-refractivity contribution in [1.29, 1.82) is 0 Å². The Morgan fingerprint density at radius 3 is 2.57 bits per heavy atom. The minimum absolute atomic E-state index is 0.00344. The van der Waals surface area contributed by atoms with Crippen LogP contribution in [0.1, 0.15) is 41.5 Å². The van der Waals surface area contributed by atoms with E-state index in [1.807, 2.05) is 13.8 Å². The number of halogens is 3. The van der Waals surface area contributed by atoms with Crippen molar-refractivity contribution < 1.29 is 31.9 Å². The number of aromatic nitrogens is 4. The summed E-state index contributed by atoms with van der Waals surface area (Å²) in [6, 6.07) is 5.10. The summed E-state index contributed by atoms with van der Waals surface area (Å²) in [5, 5.41) is 2.98. The van der Waals surface area contributed by atoms with E-state index in [-0.39, 0.29) is 53.7 Å². The summed E-state index contributed by atoms with van der Waals surface area (Å²) in [7, 11) is 1.32. The second-order valence-corrected chi connectivity index (χ2v) is 8.06. The lowest BCUT2D eigenvalue weighted by molar-refractivity contribution is -0.140. The van der Waals surface area contributed by atoms with Gasteiger partial charge in [0.25, 0.3) is 5.91 Å². The van der Waals surface area contributed by atoms with Gasteiger partial charge in [0.1, 0.15) is 22.7 Å². The highest BCUT2D eigenvalue weighted by molar-refractivity contribution is 5.98. The number of carbonyl (C=O) groups excluding carboxylic acids is 1. The molecule has 194 valence electrons. The fourth-order valence-electron chi connectivity index (χ4n) is 3.53. The van der Waals surface area contributed by atoms with Crippen LogP contribution >= 0.6 is 0 Å². The van der Waals surface area contributed by atoms with Crippen LogP contribution in [0.15, 0.2) is 41.1 Å². The number of rotatable bonds is 8. The summed E-state index contributed by atoms with van der Waals surface area (Å²) in [5.74, 6) is -0.0888. The highest BCUT2D eigenvalue weighted by Gasteiger charge is 2.33. The number of nitrogens with two attached hydrogens (primary N) is 1. The minimum atomic E-state index is -4.64. The third kappa shape index (κ3) is 5.45. The summed E-state index contributed by atoms with van der Waals surface area (Å²) >= 11 is 0. The lowest BCUT2D eigenvalue weighted by Crippen LogP contribution is -2.26. The van der Waals surface area contributed by atoms with Crippen LogP contribution in [0.2, 0.25) is 0 Å². The Kier molecular flexibility index (Phi) is 7.25. The maximum atomic E-state index is 13.2. The number of carbonyl (C=O) groups is 1. The van der Waals surface area contributed by atoms with Gasteiger partial charge in [-0.3, -0.25) is 9.78 Å². The number of methoxy groups -OCH3 is 1. The van der Waals surface area contributed by atoms with Crippen molar-refractivity contribution in [3.8, 4) is 23.1 Å². The lowest BCUT2D eigenvalue weighted by atomic mass is 10.1. The third-order valence-corrected chi connectivity index (χ3v) is 5.16. The van der Waals surface area contributed by atoms with Crippen LogP contribution in [0.25, 0.3) is 22.4 Å². The first-order chi connectivity index (χ1) is 17.6. The van der Waals surface area contributed by atoms with Crippen LogP contribution in [0.4, 0.5) is 13.2 Å². The first-order valence-electron chi connectivity index (χ1n) is 11.1. The number of nitrogens with zero attached hydrogens (tertiary/aromatic N) is 4. The molecule has 0 bridgehead atoms. The molecular formula is C24H23F3N6O4. The van der Waals surface area contributed by atoms with Gasteiger partial charge in [0, 0.05) is 23.3 Å². The number of amides is 1. The molecule has 0 atom stereocenters. The predicted octanol–water partition coefficient (Wildman–Crippen LogP) is 3.88. The van der Waals surface area contributed by atoms with E-state index >= 15 is 0 Å². The topological polar surface area (TPSA) is 138 Å². The third-order valence-electron chi connectivity index (χ3n) is 5.16. The summed E-state index contributed by atoms with van der Waals surface area (Å²) in [4.78, 5) is 29.3. The number of oxazole rings is 1. The van der Waals surface area contributed by atoms with Gasteiger partial charge in [0.05, 0.1) is 26.3 Å². The van der Waals surface area contributed by atoms with Crippen molar-refractivity contribution in [2.75, 3.05) is 7.11 Å². The number of fused-ring (bicyclic) bond motifs is 1. The molecule has 3 N–H and O–H groups in total. The summed E-state index contributed by atoms with van der Waals surface area (Å²) in [6.45, 7) is 3.53. The average Bonchev–Trinajstić information content (AvgIpc) is 3.30. The number of alkyl halides is 3. The molecule has 10 nitrogen and oxygen atoms in total. The number of hydrogen-bond acceptors (Lipinski definition) is 9. The second-order valence-electron chi connectivity index (χ2n) is 8.06. The van der Waals surface area contributed by atoms with Crippen LogP contribution in [-0.4, -0.2) is 39.1 Å². The van der Waals surface area contributed by atoms with Gasteiger partial charge in [-0.15, -0.1) is 0 Å². The molecule has 3 heterocycles. The van der Waals surface area contributed by atoms with E-state index in [4.69, 9.17) is 19.6 Å². The molecule has 0 aliphatic rings. The van der Waals surface area contributed by atoms with Crippen LogP contribution in [0.3, 0.4) is 0 Å². The molecule has 13 heteroatoms. The van der Waals surface area contributed by atoms with Gasteiger partial charge in [-0.2, -0.15) is 13.2 Å². The Morgan fingerprint density at radius 2 is 1.89 bits per heavy atom. The van der Waals surface area contributed by atoms with Crippen molar-refractivity contribution in [2.45, 2.75) is 39.2 Å². The van der Waals surface area contributed by atoms with Gasteiger partial charge < -0.3 is 24.9 Å². The maximum absolute atomic E-state index is 13.2. The average molecular weight is 516 g/mol. The number of nitrogens with one attached hydrogen (secondary N) is 1. The molecule has 0 aliphatic carbocycles. The van der Waals surface area contributed by atoms with E-state index in [0.29, 0.717) is 16.6 Å². The first-order valence-corrected chi connectivity index (χ1v) is 11.1. The fourth-order valence-corrected chi connectivity index (χ4v) is 3.53. The molecule has 1 amide bonds.